The summed E-state index contributed by atoms with van der Waals surface area (Å²) in [6.45, 7) is 3.48. The summed E-state index contributed by atoms with van der Waals surface area (Å²) in [5, 5.41) is 2.54. The summed E-state index contributed by atoms with van der Waals surface area (Å²) in [7, 11) is 0. The number of nitrogens with zero attached hydrogens (tertiary/aromatic N) is 1. The molecule has 1 saturated heterocycles. The Hall–Kier alpha value is -1.51. The highest BCUT2D eigenvalue weighted by atomic mass is 127. The van der Waals surface area contributed by atoms with Crippen molar-refractivity contribution in [2.75, 3.05) is 0 Å². The Labute approximate surface area is 135 Å². The normalized spacial score (nSPS) is 18.5. The van der Waals surface area contributed by atoms with Crippen molar-refractivity contribution in [1.29, 1.82) is 0 Å². The Morgan fingerprint density at radius 2 is 2.10 bits per heavy atom. The average Bonchev–Trinajstić information content (AvgIpc) is 2.63. The van der Waals surface area contributed by atoms with Crippen LogP contribution in [0.4, 0.5) is 4.39 Å². The molecule has 21 heavy (non-hydrogen) atoms. The molecule has 1 aromatic carbocycles. The third-order valence-corrected chi connectivity index (χ3v) is 4.07. The highest BCUT2D eigenvalue weighted by Gasteiger charge is 2.40. The molecule has 0 saturated carbocycles. The molecule has 112 valence electrons. The van der Waals surface area contributed by atoms with Gasteiger partial charge in [-0.1, -0.05) is 0 Å². The van der Waals surface area contributed by atoms with E-state index in [-0.39, 0.29) is 23.9 Å². The first kappa shape index (κ1) is 15.9. The first-order valence-corrected chi connectivity index (χ1v) is 7.51. The molecule has 0 radical (unpaired) electrons. The lowest BCUT2D eigenvalue weighted by Gasteiger charge is -2.19. The van der Waals surface area contributed by atoms with Crippen molar-refractivity contribution in [2.45, 2.75) is 32.4 Å². The maximum Gasteiger partial charge on any atom is 0.253 e. The molecule has 5 nitrogen and oxygen atoms in total. The van der Waals surface area contributed by atoms with Crippen molar-refractivity contribution in [3.63, 3.8) is 0 Å². The summed E-state index contributed by atoms with van der Waals surface area (Å²) in [6.07, 6.45) is -0.0411. The molecule has 1 heterocycles. The minimum Gasteiger partial charge on any atom is -0.340 e. The number of likely N-dealkylation sites (tertiary alicyclic amines) is 1. The Morgan fingerprint density at radius 3 is 2.62 bits per heavy atom. The highest BCUT2D eigenvalue weighted by molar-refractivity contribution is 14.1. The molecule has 0 aliphatic carbocycles. The Morgan fingerprint density at radius 1 is 1.43 bits per heavy atom. The fourth-order valence-electron chi connectivity index (χ4n) is 2.22. The van der Waals surface area contributed by atoms with Crippen LogP contribution >= 0.6 is 22.6 Å². The summed E-state index contributed by atoms with van der Waals surface area (Å²) >= 11 is 1.85. The molecule has 2 rings (SSSR count). The van der Waals surface area contributed by atoms with Gasteiger partial charge in [0, 0.05) is 9.61 Å². The number of carbonyl (C=O) groups excluding carboxylic acids is 3. The second kappa shape index (κ2) is 6.08. The van der Waals surface area contributed by atoms with Gasteiger partial charge in [-0.05, 0) is 54.6 Å². The smallest absolute Gasteiger partial charge is 0.253 e. The molecule has 3 amide bonds. The van der Waals surface area contributed by atoms with Crippen molar-refractivity contribution < 1.29 is 18.8 Å². The Bertz CT molecular complexity index is 618. The first-order chi connectivity index (χ1) is 9.81. The van der Waals surface area contributed by atoms with E-state index in [1.165, 1.54) is 18.2 Å². The first-order valence-electron chi connectivity index (χ1n) is 6.43. The largest absolute Gasteiger partial charge is 0.340 e. The molecular formula is C14H14FIN2O3. The second-order valence-corrected chi connectivity index (χ2v) is 6.21. The molecule has 1 atom stereocenters. The molecule has 0 spiro atoms. The van der Waals surface area contributed by atoms with Gasteiger partial charge in [-0.15, -0.1) is 0 Å². The summed E-state index contributed by atoms with van der Waals surface area (Å²) < 4.78 is 13.5. The van der Waals surface area contributed by atoms with E-state index in [0.717, 1.165) is 4.90 Å². The Kier molecular flexibility index (Phi) is 4.60. The summed E-state index contributed by atoms with van der Waals surface area (Å²) in [5.41, 5.74) is 0.278. The van der Waals surface area contributed by atoms with E-state index in [0.29, 0.717) is 3.57 Å². The van der Waals surface area contributed by atoms with Crippen LogP contribution < -0.4 is 5.32 Å². The van der Waals surface area contributed by atoms with E-state index in [1.54, 1.807) is 13.8 Å². The number of halogens is 2. The van der Waals surface area contributed by atoms with Gasteiger partial charge in [-0.25, -0.2) is 4.39 Å². The molecule has 0 aromatic heterocycles. The lowest BCUT2D eigenvalue weighted by molar-refractivity contribution is -0.140. The van der Waals surface area contributed by atoms with E-state index in [4.69, 9.17) is 0 Å². The van der Waals surface area contributed by atoms with Gasteiger partial charge in [0.25, 0.3) is 11.8 Å². The van der Waals surface area contributed by atoms with Crippen LogP contribution in [0.2, 0.25) is 0 Å². The fraction of sp³-hybridized carbons (Fsp3) is 0.357. The van der Waals surface area contributed by atoms with Crippen LogP contribution in [0.1, 0.15) is 30.6 Å². The maximum absolute atomic E-state index is 13.0. The van der Waals surface area contributed by atoms with E-state index in [1.807, 2.05) is 22.6 Å². The minimum atomic E-state index is -0.853. The Balaban J connectivity index is 2.14. The number of hydrogen-bond acceptors (Lipinski definition) is 3. The van der Waals surface area contributed by atoms with Crippen LogP contribution in [0.25, 0.3) is 0 Å². The molecule has 7 heteroatoms. The van der Waals surface area contributed by atoms with Gasteiger partial charge in [0.1, 0.15) is 11.9 Å². The maximum atomic E-state index is 13.0. The summed E-state index contributed by atoms with van der Waals surface area (Å²) in [4.78, 5) is 37.2. The standard InChI is InChI=1S/C14H14FIN2O3/c1-7(2)18-12(19)6-11(14(18)21)17-13(20)9-4-3-8(15)5-10(9)16/h3-5,7,11H,6H2,1-2H3,(H,17,20). The monoisotopic (exact) mass is 404 g/mol. The van der Waals surface area contributed by atoms with Crippen LogP contribution in [0.5, 0.6) is 0 Å². The number of carbonyl (C=O) groups is 3. The summed E-state index contributed by atoms with van der Waals surface area (Å²) in [5.74, 6) is -1.63. The van der Waals surface area contributed by atoms with Gasteiger partial charge in [-0.2, -0.15) is 0 Å². The second-order valence-electron chi connectivity index (χ2n) is 5.05. The quantitative estimate of drug-likeness (QED) is 0.616. The zero-order chi connectivity index (χ0) is 15.7. The van der Waals surface area contributed by atoms with E-state index in [2.05, 4.69) is 5.32 Å². The van der Waals surface area contributed by atoms with Gasteiger partial charge >= 0.3 is 0 Å². The van der Waals surface area contributed by atoms with Crippen molar-refractivity contribution in [1.82, 2.24) is 10.2 Å². The van der Waals surface area contributed by atoms with Crippen molar-refractivity contribution >= 4 is 40.3 Å². The van der Waals surface area contributed by atoms with Crippen LogP contribution in [-0.4, -0.2) is 34.7 Å². The van der Waals surface area contributed by atoms with Gasteiger partial charge in [-0.3, -0.25) is 19.3 Å². The van der Waals surface area contributed by atoms with Crippen LogP contribution in [0.15, 0.2) is 18.2 Å². The lowest BCUT2D eigenvalue weighted by atomic mass is 10.2. The molecule has 1 N–H and O–H groups in total. The number of imide groups is 1. The van der Waals surface area contributed by atoms with Crippen molar-refractivity contribution in [2.24, 2.45) is 0 Å². The molecule has 1 unspecified atom stereocenters. The predicted molar refractivity (Wildman–Crippen MR) is 82.0 cm³/mol. The minimum absolute atomic E-state index is 0.0411. The van der Waals surface area contributed by atoms with Gasteiger partial charge in [0.05, 0.1) is 12.0 Å². The number of benzene rings is 1. The van der Waals surface area contributed by atoms with E-state index < -0.39 is 23.7 Å². The van der Waals surface area contributed by atoms with Crippen molar-refractivity contribution in [3.05, 3.63) is 33.1 Å². The van der Waals surface area contributed by atoms with E-state index in [9.17, 15) is 18.8 Å². The molecule has 1 aliphatic heterocycles. The SMILES string of the molecule is CC(C)N1C(=O)CC(NC(=O)c2ccc(F)cc2I)C1=O. The lowest BCUT2D eigenvalue weighted by Crippen LogP contribution is -2.44. The summed E-state index contributed by atoms with van der Waals surface area (Å²) in [6, 6.07) is 2.68. The third kappa shape index (κ3) is 3.22. The van der Waals surface area contributed by atoms with Crippen molar-refractivity contribution in [3.8, 4) is 0 Å². The van der Waals surface area contributed by atoms with Gasteiger partial charge in [0.2, 0.25) is 5.91 Å². The third-order valence-electron chi connectivity index (χ3n) is 3.18. The number of hydrogen-bond donors (Lipinski definition) is 1. The predicted octanol–water partition coefficient (Wildman–Crippen LogP) is 1.70. The number of nitrogens with one attached hydrogen (secondary N) is 1. The zero-order valence-corrected chi connectivity index (χ0v) is 13.7. The number of rotatable bonds is 3. The van der Waals surface area contributed by atoms with Crippen LogP contribution in [0, 0.1) is 9.39 Å². The molecule has 1 fully saturated rings. The van der Waals surface area contributed by atoms with Crippen LogP contribution in [0.3, 0.4) is 0 Å². The average molecular weight is 404 g/mol. The van der Waals surface area contributed by atoms with Gasteiger partial charge in [0.15, 0.2) is 0 Å². The highest BCUT2D eigenvalue weighted by Crippen LogP contribution is 2.18. The number of amides is 3. The van der Waals surface area contributed by atoms with Gasteiger partial charge < -0.3 is 5.32 Å². The molecule has 1 aliphatic rings. The van der Waals surface area contributed by atoms with E-state index >= 15 is 0 Å². The fourth-order valence-corrected chi connectivity index (χ4v) is 2.94. The molecule has 1 aromatic rings. The van der Waals surface area contributed by atoms with Crippen LogP contribution in [-0.2, 0) is 9.59 Å². The topological polar surface area (TPSA) is 66.5 Å². The molecule has 0 bridgehead atoms. The molecular weight excluding hydrogens is 390 g/mol. The zero-order valence-electron chi connectivity index (χ0n) is 11.5.